The average Bonchev–Trinajstić information content (AvgIpc) is 3.21. The first kappa shape index (κ1) is 22.3. The van der Waals surface area contributed by atoms with Crippen molar-refractivity contribution in [1.82, 2.24) is 10.3 Å². The van der Waals surface area contributed by atoms with Crippen LogP contribution in [-0.2, 0) is 0 Å². The number of nitrogens with zero attached hydrogens (tertiary/aromatic N) is 1. The fraction of sp³-hybridized carbons (Fsp3) is 0.160. The largest absolute Gasteiger partial charge is 0.493 e. The van der Waals surface area contributed by atoms with E-state index >= 15 is 0 Å². The Balaban J connectivity index is 1.48. The van der Waals surface area contributed by atoms with Gasteiger partial charge in [-0.25, -0.2) is 4.98 Å². The molecule has 0 fully saturated rings. The summed E-state index contributed by atoms with van der Waals surface area (Å²) in [6.07, 6.45) is 0. The van der Waals surface area contributed by atoms with Gasteiger partial charge in [-0.2, -0.15) is 0 Å². The third-order valence-corrected chi connectivity index (χ3v) is 5.33. The number of aryl methyl sites for hydroxylation is 2. The van der Waals surface area contributed by atoms with Crippen molar-refractivity contribution in [3.05, 3.63) is 71.3 Å². The highest BCUT2D eigenvalue weighted by Gasteiger charge is 2.14. The van der Waals surface area contributed by atoms with Crippen LogP contribution in [0.25, 0.3) is 22.6 Å². The van der Waals surface area contributed by atoms with Crippen LogP contribution in [0, 0.1) is 13.8 Å². The van der Waals surface area contributed by atoms with E-state index in [1.54, 1.807) is 18.2 Å². The lowest BCUT2D eigenvalue weighted by atomic mass is 10.1. The quantitative estimate of drug-likeness (QED) is 0.392. The minimum absolute atomic E-state index is 0.159. The molecule has 1 amide bonds. The van der Waals surface area contributed by atoms with Gasteiger partial charge >= 0.3 is 0 Å². The summed E-state index contributed by atoms with van der Waals surface area (Å²) in [5, 5.41) is 5.84. The lowest BCUT2D eigenvalue weighted by Crippen LogP contribution is -2.34. The van der Waals surface area contributed by atoms with Gasteiger partial charge in [0.05, 0.1) is 14.2 Å². The summed E-state index contributed by atoms with van der Waals surface area (Å²) in [6.45, 7) is 4.08. The van der Waals surface area contributed by atoms with Crippen LogP contribution >= 0.6 is 12.2 Å². The summed E-state index contributed by atoms with van der Waals surface area (Å²) in [4.78, 5) is 17.2. The maximum Gasteiger partial charge on any atom is 0.257 e. The number of fused-ring (bicyclic) bond motifs is 1. The van der Waals surface area contributed by atoms with Crippen molar-refractivity contribution < 1.29 is 18.7 Å². The zero-order chi connectivity index (χ0) is 23.5. The van der Waals surface area contributed by atoms with E-state index in [4.69, 9.17) is 26.1 Å². The molecule has 4 aromatic rings. The molecule has 0 atom stereocenters. The second-order valence-electron chi connectivity index (χ2n) is 7.50. The molecule has 0 aliphatic heterocycles. The molecule has 0 unspecified atom stereocenters. The molecule has 0 aliphatic rings. The van der Waals surface area contributed by atoms with E-state index in [-0.39, 0.29) is 11.0 Å². The lowest BCUT2D eigenvalue weighted by molar-refractivity contribution is 0.0977. The Morgan fingerprint density at radius 1 is 0.970 bits per heavy atom. The van der Waals surface area contributed by atoms with Gasteiger partial charge in [-0.05, 0) is 74.1 Å². The van der Waals surface area contributed by atoms with E-state index in [9.17, 15) is 4.79 Å². The zero-order valence-corrected chi connectivity index (χ0v) is 19.5. The summed E-state index contributed by atoms with van der Waals surface area (Å²) in [5.74, 6) is 1.19. The molecule has 0 spiro atoms. The molecule has 8 heteroatoms. The number of rotatable bonds is 5. The highest BCUT2D eigenvalue weighted by Crippen LogP contribution is 2.29. The van der Waals surface area contributed by atoms with Crippen LogP contribution in [0.15, 0.2) is 59.0 Å². The molecule has 0 radical (unpaired) electrons. The Bertz CT molecular complexity index is 1360. The maximum absolute atomic E-state index is 12.6. The van der Waals surface area contributed by atoms with Gasteiger partial charge in [0.2, 0.25) is 5.89 Å². The standard InChI is InChI=1S/C25H23N3O4S/c1-14-5-8-18(15(2)11-14)24-27-19-13-17(7-10-20(19)32-24)26-25(33)28-23(29)16-6-9-21(30-3)22(12-16)31-4/h5-13H,1-4H3,(H2,26,28,29,33). The molecule has 0 aliphatic carbocycles. The molecule has 0 saturated heterocycles. The number of amides is 1. The number of hydrogen-bond donors (Lipinski definition) is 2. The summed E-state index contributed by atoms with van der Waals surface area (Å²) in [7, 11) is 3.05. The Morgan fingerprint density at radius 2 is 1.76 bits per heavy atom. The molecule has 168 valence electrons. The number of oxazole rings is 1. The summed E-state index contributed by atoms with van der Waals surface area (Å²) in [6, 6.07) is 16.5. The van der Waals surface area contributed by atoms with E-state index < -0.39 is 0 Å². The number of anilines is 1. The van der Waals surface area contributed by atoms with E-state index in [1.807, 2.05) is 44.2 Å². The maximum atomic E-state index is 12.6. The summed E-state index contributed by atoms with van der Waals surface area (Å²) < 4.78 is 16.4. The molecule has 1 aromatic heterocycles. The van der Waals surface area contributed by atoms with Crippen LogP contribution in [0.2, 0.25) is 0 Å². The second kappa shape index (κ2) is 9.30. The smallest absolute Gasteiger partial charge is 0.257 e. The number of hydrogen-bond acceptors (Lipinski definition) is 6. The first-order valence-electron chi connectivity index (χ1n) is 10.2. The molecule has 0 bridgehead atoms. The molecular weight excluding hydrogens is 438 g/mol. The number of carbonyl (C=O) groups excluding carboxylic acids is 1. The van der Waals surface area contributed by atoms with Crippen molar-refractivity contribution in [3.63, 3.8) is 0 Å². The predicted octanol–water partition coefficient (Wildman–Crippen LogP) is 5.26. The number of nitrogens with one attached hydrogen (secondary N) is 2. The van der Waals surface area contributed by atoms with Crippen LogP contribution in [0.4, 0.5) is 5.69 Å². The molecule has 33 heavy (non-hydrogen) atoms. The molecule has 3 aromatic carbocycles. The van der Waals surface area contributed by atoms with Gasteiger partial charge in [0.25, 0.3) is 5.91 Å². The van der Waals surface area contributed by atoms with Crippen molar-refractivity contribution in [1.29, 1.82) is 0 Å². The van der Waals surface area contributed by atoms with Gasteiger partial charge in [0.15, 0.2) is 22.2 Å². The number of methoxy groups -OCH3 is 2. The number of thiocarbonyl (C=S) groups is 1. The third kappa shape index (κ3) is 4.80. The lowest BCUT2D eigenvalue weighted by Gasteiger charge is -2.11. The van der Waals surface area contributed by atoms with Gasteiger partial charge in [-0.1, -0.05) is 17.7 Å². The van der Waals surface area contributed by atoms with Crippen molar-refractivity contribution >= 4 is 40.0 Å². The fourth-order valence-electron chi connectivity index (χ4n) is 3.49. The van der Waals surface area contributed by atoms with Crippen molar-refractivity contribution in [2.24, 2.45) is 0 Å². The SMILES string of the molecule is COc1ccc(C(=O)NC(=S)Nc2ccc3oc(-c4ccc(C)cc4C)nc3c2)cc1OC. The van der Waals surface area contributed by atoms with Gasteiger partial charge < -0.3 is 19.2 Å². The van der Waals surface area contributed by atoms with Crippen LogP contribution < -0.4 is 20.1 Å². The monoisotopic (exact) mass is 461 g/mol. The average molecular weight is 462 g/mol. The molecule has 7 nitrogen and oxygen atoms in total. The highest BCUT2D eigenvalue weighted by atomic mass is 32.1. The zero-order valence-electron chi connectivity index (χ0n) is 18.7. The van der Waals surface area contributed by atoms with E-state index in [0.717, 1.165) is 11.1 Å². The number of carbonyl (C=O) groups is 1. The van der Waals surface area contributed by atoms with Gasteiger partial charge in [-0.3, -0.25) is 10.1 Å². The Hall–Kier alpha value is -3.91. The van der Waals surface area contributed by atoms with Crippen molar-refractivity contribution in [3.8, 4) is 23.0 Å². The Morgan fingerprint density at radius 3 is 2.48 bits per heavy atom. The minimum Gasteiger partial charge on any atom is -0.493 e. The number of aromatic nitrogens is 1. The van der Waals surface area contributed by atoms with Crippen LogP contribution in [0.5, 0.6) is 11.5 Å². The van der Waals surface area contributed by atoms with E-state index in [0.29, 0.717) is 39.7 Å². The molecule has 1 heterocycles. The normalized spacial score (nSPS) is 10.7. The van der Waals surface area contributed by atoms with Crippen molar-refractivity contribution in [2.75, 3.05) is 19.5 Å². The van der Waals surface area contributed by atoms with Crippen LogP contribution in [0.1, 0.15) is 21.5 Å². The first-order chi connectivity index (χ1) is 15.9. The molecule has 4 rings (SSSR count). The van der Waals surface area contributed by atoms with Crippen LogP contribution in [-0.4, -0.2) is 30.2 Å². The van der Waals surface area contributed by atoms with Gasteiger partial charge in [0.1, 0.15) is 5.52 Å². The Labute approximate surface area is 196 Å². The fourth-order valence-corrected chi connectivity index (χ4v) is 3.70. The molecule has 0 saturated carbocycles. The van der Waals surface area contributed by atoms with Crippen molar-refractivity contribution in [2.45, 2.75) is 13.8 Å². The minimum atomic E-state index is -0.368. The van der Waals surface area contributed by atoms with E-state index in [2.05, 4.69) is 21.7 Å². The third-order valence-electron chi connectivity index (χ3n) is 5.13. The predicted molar refractivity (Wildman–Crippen MR) is 132 cm³/mol. The molecular formula is C25H23N3O4S. The number of benzene rings is 3. The number of ether oxygens (including phenoxy) is 2. The second-order valence-corrected chi connectivity index (χ2v) is 7.91. The molecule has 2 N–H and O–H groups in total. The first-order valence-corrected chi connectivity index (χ1v) is 10.6. The van der Waals surface area contributed by atoms with Crippen LogP contribution in [0.3, 0.4) is 0 Å². The topological polar surface area (TPSA) is 85.6 Å². The summed E-state index contributed by atoms with van der Waals surface area (Å²) in [5.41, 5.74) is 5.65. The Kier molecular flexibility index (Phi) is 6.28. The van der Waals surface area contributed by atoms with Gasteiger partial charge in [-0.15, -0.1) is 0 Å². The van der Waals surface area contributed by atoms with Gasteiger partial charge in [0, 0.05) is 16.8 Å². The highest BCUT2D eigenvalue weighted by molar-refractivity contribution is 7.80. The summed E-state index contributed by atoms with van der Waals surface area (Å²) >= 11 is 5.31. The van der Waals surface area contributed by atoms with E-state index in [1.165, 1.54) is 19.8 Å².